The number of aromatic nitrogens is 3. The first-order valence-electron chi connectivity index (χ1n) is 6.91. The van der Waals surface area contributed by atoms with Crippen molar-refractivity contribution < 1.29 is 4.52 Å². The molecule has 19 heavy (non-hydrogen) atoms. The summed E-state index contributed by atoms with van der Waals surface area (Å²) in [5, 5.41) is 7.30. The van der Waals surface area contributed by atoms with Gasteiger partial charge in [0, 0.05) is 24.0 Å². The first kappa shape index (κ1) is 11.4. The van der Waals surface area contributed by atoms with Gasteiger partial charge in [-0.1, -0.05) is 5.16 Å². The van der Waals surface area contributed by atoms with E-state index in [-0.39, 0.29) is 6.04 Å². The number of thiazole rings is 1. The molecule has 6 heteroatoms. The van der Waals surface area contributed by atoms with E-state index in [9.17, 15) is 0 Å². The fourth-order valence-corrected chi connectivity index (χ4v) is 3.38. The van der Waals surface area contributed by atoms with Crippen molar-refractivity contribution in [3.63, 3.8) is 0 Å². The molecular weight excluding hydrogens is 260 g/mol. The topological polar surface area (TPSA) is 55.1 Å². The minimum Gasteiger partial charge on any atom is -0.339 e. The predicted octanol–water partition coefficient (Wildman–Crippen LogP) is 3.14. The van der Waals surface area contributed by atoms with Crippen LogP contribution in [0.5, 0.6) is 0 Å². The van der Waals surface area contributed by atoms with Crippen LogP contribution in [0.1, 0.15) is 55.8 Å². The largest absolute Gasteiger partial charge is 0.339 e. The lowest BCUT2D eigenvalue weighted by Crippen LogP contribution is -2.33. The molecule has 1 unspecified atom stereocenters. The third-order valence-electron chi connectivity index (χ3n) is 3.85. The average Bonchev–Trinajstić information content (AvgIpc) is 2.97. The van der Waals surface area contributed by atoms with Crippen LogP contribution >= 0.6 is 11.3 Å². The number of nitrogens with zero attached hydrogens (tertiary/aromatic N) is 4. The molecule has 5 nitrogen and oxygen atoms in total. The van der Waals surface area contributed by atoms with Crippen molar-refractivity contribution in [2.75, 3.05) is 11.4 Å². The summed E-state index contributed by atoms with van der Waals surface area (Å²) in [5.41, 5.74) is 0. The van der Waals surface area contributed by atoms with E-state index < -0.39 is 0 Å². The molecule has 100 valence electrons. The maximum Gasteiger partial charge on any atom is 0.229 e. The summed E-state index contributed by atoms with van der Waals surface area (Å²) < 4.78 is 5.40. The molecule has 0 aromatic carbocycles. The van der Waals surface area contributed by atoms with Crippen LogP contribution in [0.25, 0.3) is 0 Å². The number of piperidine rings is 1. The van der Waals surface area contributed by atoms with E-state index in [2.05, 4.69) is 20.0 Å². The van der Waals surface area contributed by atoms with Gasteiger partial charge in [-0.25, -0.2) is 4.98 Å². The van der Waals surface area contributed by atoms with Gasteiger partial charge in [-0.2, -0.15) is 4.98 Å². The van der Waals surface area contributed by atoms with Crippen LogP contribution in [-0.2, 0) is 0 Å². The highest BCUT2D eigenvalue weighted by atomic mass is 32.1. The van der Waals surface area contributed by atoms with Gasteiger partial charge in [-0.3, -0.25) is 0 Å². The summed E-state index contributed by atoms with van der Waals surface area (Å²) in [7, 11) is 0. The standard InChI is InChI=1S/C13H16N4OS/c1-2-7-17(13-14-6-8-19-13)10(3-1)11-15-12(18-16-11)9-4-5-9/h6,8-10H,1-5,7H2. The normalized spacial score (nSPS) is 23.8. The molecule has 2 fully saturated rings. The van der Waals surface area contributed by atoms with E-state index in [4.69, 9.17) is 4.52 Å². The molecule has 0 radical (unpaired) electrons. The smallest absolute Gasteiger partial charge is 0.229 e. The molecule has 0 N–H and O–H groups in total. The minimum atomic E-state index is 0.233. The highest BCUT2D eigenvalue weighted by Crippen LogP contribution is 2.40. The van der Waals surface area contributed by atoms with Gasteiger partial charge in [0.2, 0.25) is 5.89 Å². The van der Waals surface area contributed by atoms with Crippen molar-refractivity contribution in [2.24, 2.45) is 0 Å². The van der Waals surface area contributed by atoms with Crippen molar-refractivity contribution in [3.05, 3.63) is 23.3 Å². The zero-order valence-corrected chi connectivity index (χ0v) is 11.5. The maximum atomic E-state index is 5.40. The van der Waals surface area contributed by atoms with Gasteiger partial charge in [-0.15, -0.1) is 11.3 Å². The Hall–Kier alpha value is -1.43. The first-order chi connectivity index (χ1) is 9.42. The zero-order chi connectivity index (χ0) is 12.7. The molecule has 0 spiro atoms. The quantitative estimate of drug-likeness (QED) is 0.862. The molecule has 0 amide bonds. The Morgan fingerprint density at radius 2 is 2.21 bits per heavy atom. The average molecular weight is 276 g/mol. The monoisotopic (exact) mass is 276 g/mol. The van der Waals surface area contributed by atoms with Gasteiger partial charge >= 0.3 is 0 Å². The lowest BCUT2D eigenvalue weighted by Gasteiger charge is -2.33. The second-order valence-electron chi connectivity index (χ2n) is 5.28. The third kappa shape index (κ3) is 2.14. The highest BCUT2D eigenvalue weighted by Gasteiger charge is 2.33. The lowest BCUT2D eigenvalue weighted by molar-refractivity contribution is 0.362. The van der Waals surface area contributed by atoms with Crippen LogP contribution in [-0.4, -0.2) is 21.7 Å². The summed E-state index contributed by atoms with van der Waals surface area (Å²) in [6.45, 7) is 1.03. The Morgan fingerprint density at radius 3 is 3.00 bits per heavy atom. The van der Waals surface area contributed by atoms with Crippen molar-refractivity contribution in [2.45, 2.75) is 44.1 Å². The van der Waals surface area contributed by atoms with Crippen LogP contribution in [0.4, 0.5) is 5.13 Å². The molecule has 4 rings (SSSR count). The van der Waals surface area contributed by atoms with Crippen LogP contribution in [0.2, 0.25) is 0 Å². The van der Waals surface area contributed by atoms with Gasteiger partial charge in [0.25, 0.3) is 0 Å². The van der Waals surface area contributed by atoms with Crippen molar-refractivity contribution in [3.8, 4) is 0 Å². The third-order valence-corrected chi connectivity index (χ3v) is 4.66. The van der Waals surface area contributed by atoms with Crippen LogP contribution in [0.3, 0.4) is 0 Å². The van der Waals surface area contributed by atoms with Crippen molar-refractivity contribution in [1.82, 2.24) is 15.1 Å². The molecule has 2 aliphatic rings. The number of hydrogen-bond acceptors (Lipinski definition) is 6. The Labute approximate surface area is 115 Å². The van der Waals surface area contributed by atoms with Gasteiger partial charge in [-0.05, 0) is 32.1 Å². The molecule has 1 aliphatic heterocycles. The summed E-state index contributed by atoms with van der Waals surface area (Å²) in [6, 6.07) is 0.233. The van der Waals surface area contributed by atoms with Crippen LogP contribution in [0, 0.1) is 0 Å². The first-order valence-corrected chi connectivity index (χ1v) is 7.79. The molecule has 1 aliphatic carbocycles. The summed E-state index contributed by atoms with van der Waals surface area (Å²) >= 11 is 1.68. The molecule has 2 aromatic heterocycles. The van der Waals surface area contributed by atoms with Gasteiger partial charge < -0.3 is 9.42 Å². The molecule has 1 atom stereocenters. The second kappa shape index (κ2) is 4.59. The fourth-order valence-electron chi connectivity index (χ4n) is 2.67. The summed E-state index contributed by atoms with van der Waals surface area (Å²) in [5.74, 6) is 2.20. The van der Waals surface area contributed by atoms with Crippen molar-refractivity contribution >= 4 is 16.5 Å². The predicted molar refractivity (Wildman–Crippen MR) is 72.3 cm³/mol. The second-order valence-corrected chi connectivity index (χ2v) is 6.16. The fraction of sp³-hybridized carbons (Fsp3) is 0.615. The number of anilines is 1. The highest BCUT2D eigenvalue weighted by molar-refractivity contribution is 7.13. The summed E-state index contributed by atoms with van der Waals surface area (Å²) in [4.78, 5) is 11.4. The lowest BCUT2D eigenvalue weighted by atomic mass is 10.0. The SMILES string of the molecule is c1csc(N2CCCCC2c2noc(C3CC3)n2)n1. The molecule has 2 aromatic rings. The Bertz CT molecular complexity index is 549. The van der Waals surface area contributed by atoms with E-state index in [1.54, 1.807) is 11.3 Å². The Kier molecular flexibility index (Phi) is 2.76. The van der Waals surface area contributed by atoms with E-state index in [1.165, 1.54) is 25.7 Å². The van der Waals surface area contributed by atoms with Crippen molar-refractivity contribution in [1.29, 1.82) is 0 Å². The van der Waals surface area contributed by atoms with E-state index in [0.717, 1.165) is 29.8 Å². The molecule has 3 heterocycles. The van der Waals surface area contributed by atoms with E-state index in [0.29, 0.717) is 5.92 Å². The van der Waals surface area contributed by atoms with Crippen LogP contribution in [0.15, 0.2) is 16.1 Å². The molecule has 0 bridgehead atoms. The van der Waals surface area contributed by atoms with E-state index in [1.807, 2.05) is 11.6 Å². The summed E-state index contributed by atoms with van der Waals surface area (Å²) in [6.07, 6.45) is 7.77. The minimum absolute atomic E-state index is 0.233. The Balaban J connectivity index is 1.62. The molecular formula is C13H16N4OS. The molecule has 1 saturated heterocycles. The van der Waals surface area contributed by atoms with Gasteiger partial charge in [0.1, 0.15) is 0 Å². The molecule has 1 saturated carbocycles. The number of rotatable bonds is 3. The van der Waals surface area contributed by atoms with Crippen LogP contribution < -0.4 is 4.90 Å². The maximum absolute atomic E-state index is 5.40. The van der Waals surface area contributed by atoms with Gasteiger partial charge in [0.05, 0.1) is 6.04 Å². The zero-order valence-electron chi connectivity index (χ0n) is 10.7. The Morgan fingerprint density at radius 1 is 1.26 bits per heavy atom. The number of hydrogen-bond donors (Lipinski definition) is 0. The van der Waals surface area contributed by atoms with E-state index >= 15 is 0 Å². The van der Waals surface area contributed by atoms with Gasteiger partial charge in [0.15, 0.2) is 11.0 Å².